The van der Waals surface area contributed by atoms with Gasteiger partial charge in [-0.25, -0.2) is 14.2 Å². The van der Waals surface area contributed by atoms with Gasteiger partial charge in [-0.3, -0.25) is 19.5 Å². The molecule has 0 saturated carbocycles. The van der Waals surface area contributed by atoms with Crippen molar-refractivity contribution in [2.75, 3.05) is 32.1 Å². The Morgan fingerprint density at radius 1 is 0.917 bits per heavy atom. The van der Waals surface area contributed by atoms with Crippen molar-refractivity contribution in [1.29, 1.82) is 0 Å². The van der Waals surface area contributed by atoms with Crippen LogP contribution in [-0.4, -0.2) is 81.7 Å². The van der Waals surface area contributed by atoms with Crippen LogP contribution in [0.5, 0.6) is 5.75 Å². The molecule has 2 saturated heterocycles. The average Bonchev–Trinajstić information content (AvgIpc) is 3.60. The van der Waals surface area contributed by atoms with Crippen molar-refractivity contribution in [2.45, 2.75) is 97.6 Å². The minimum Gasteiger partial charge on any atom is -0.496 e. The van der Waals surface area contributed by atoms with Gasteiger partial charge < -0.3 is 29.7 Å². The van der Waals surface area contributed by atoms with E-state index in [-0.39, 0.29) is 42.7 Å². The van der Waals surface area contributed by atoms with Crippen LogP contribution in [0.4, 0.5) is 20.7 Å². The molecule has 0 aliphatic carbocycles. The molecule has 60 heavy (non-hydrogen) atoms. The van der Waals surface area contributed by atoms with Gasteiger partial charge in [0.1, 0.15) is 17.0 Å². The summed E-state index contributed by atoms with van der Waals surface area (Å²) in [4.78, 5) is 50.4. The van der Waals surface area contributed by atoms with E-state index in [0.29, 0.717) is 94.7 Å². The van der Waals surface area contributed by atoms with Crippen molar-refractivity contribution in [2.24, 2.45) is 5.92 Å². The SMILES string of the molecule is COc1cc(-c2nccc(-c3cccc(Nc4nccc(CN5CCC(C(=O)OC(C)(C)C)CC5)c4F)c3Cl)c2Cl)ccc1CN(C[C@@H]1CCC(=O)N1)C(=O)OC(C)(C)C. The standard InChI is InChI=1S/C45H53Cl2FN6O6/c1-44(2,3)59-42(56)27-17-21-53(22-18-27)24-30-15-19-50-41(39(30)48)52-34-10-8-9-32(37(34)46)33-16-20-49-40(38(33)47)28-11-12-29(35(23-28)58-7)25-54(43(57)60-45(4,5)6)26-31-13-14-36(55)51-31/h8-12,15-16,19-20,23,27,31H,13-14,17-18,21-22,24-26H2,1-7H3,(H,50,52)(H,51,55)/t31-/m0/s1. The van der Waals surface area contributed by atoms with Crippen LogP contribution in [0.25, 0.3) is 22.4 Å². The average molecular weight is 864 g/mol. The third-order valence-corrected chi connectivity index (χ3v) is 11.0. The van der Waals surface area contributed by atoms with Gasteiger partial charge in [-0.15, -0.1) is 0 Å². The molecule has 0 unspecified atom stereocenters. The summed E-state index contributed by atoms with van der Waals surface area (Å²) in [6, 6.07) is 14.1. The largest absolute Gasteiger partial charge is 0.496 e. The van der Waals surface area contributed by atoms with E-state index >= 15 is 4.39 Å². The number of benzene rings is 2. The van der Waals surface area contributed by atoms with Gasteiger partial charge in [0.2, 0.25) is 5.91 Å². The zero-order valence-corrected chi connectivity index (χ0v) is 36.7. The number of rotatable bonds is 12. The highest BCUT2D eigenvalue weighted by Gasteiger charge is 2.31. The number of methoxy groups -OCH3 is 1. The molecule has 0 spiro atoms. The molecule has 2 aliphatic rings. The molecule has 4 heterocycles. The molecular weight excluding hydrogens is 810 g/mol. The van der Waals surface area contributed by atoms with E-state index in [2.05, 4.69) is 25.5 Å². The fraction of sp³-hybridized carbons (Fsp3) is 0.444. The molecule has 12 nitrogen and oxygen atoms in total. The van der Waals surface area contributed by atoms with Gasteiger partial charge in [0.05, 0.1) is 41.0 Å². The summed E-state index contributed by atoms with van der Waals surface area (Å²) < 4.78 is 33.1. The van der Waals surface area contributed by atoms with Gasteiger partial charge in [-0.05, 0) is 98.2 Å². The molecule has 2 aromatic carbocycles. The maximum atomic E-state index is 16.0. The lowest BCUT2D eigenvalue weighted by atomic mass is 9.96. The molecule has 2 N–H and O–H groups in total. The van der Waals surface area contributed by atoms with E-state index in [1.807, 2.05) is 45.0 Å². The number of ether oxygens (including phenoxy) is 3. The van der Waals surface area contributed by atoms with Gasteiger partial charge in [-0.2, -0.15) is 0 Å². The van der Waals surface area contributed by atoms with Crippen molar-refractivity contribution in [3.05, 3.63) is 87.9 Å². The summed E-state index contributed by atoms with van der Waals surface area (Å²) in [5.74, 6) is -0.352. The van der Waals surface area contributed by atoms with E-state index in [9.17, 15) is 14.4 Å². The molecule has 6 rings (SSSR count). The van der Waals surface area contributed by atoms with Gasteiger partial charge in [0, 0.05) is 65.8 Å². The number of carbonyl (C=O) groups is 3. The summed E-state index contributed by atoms with van der Waals surface area (Å²) >= 11 is 14.1. The van der Waals surface area contributed by atoms with E-state index in [0.717, 1.165) is 5.56 Å². The number of pyridine rings is 2. The first-order chi connectivity index (χ1) is 28.4. The number of hydrogen-bond donors (Lipinski definition) is 2. The highest BCUT2D eigenvalue weighted by atomic mass is 35.5. The first kappa shape index (κ1) is 44.6. The van der Waals surface area contributed by atoms with Crippen molar-refractivity contribution >= 4 is 52.7 Å². The van der Waals surface area contributed by atoms with Crippen molar-refractivity contribution in [3.63, 3.8) is 0 Å². The highest BCUT2D eigenvalue weighted by Crippen LogP contribution is 2.42. The number of carbonyl (C=O) groups excluding carboxylic acids is 3. The third kappa shape index (κ3) is 11.2. The Morgan fingerprint density at radius 3 is 2.28 bits per heavy atom. The van der Waals surface area contributed by atoms with Crippen LogP contribution in [0.3, 0.4) is 0 Å². The smallest absolute Gasteiger partial charge is 0.410 e. The second-order valence-electron chi connectivity index (χ2n) is 17.2. The molecule has 2 amide bonds. The maximum absolute atomic E-state index is 16.0. The van der Waals surface area contributed by atoms with E-state index in [1.165, 1.54) is 0 Å². The number of amides is 2. The number of likely N-dealkylation sites (tertiary alicyclic amines) is 1. The Hall–Kier alpha value is -4.98. The second-order valence-corrected chi connectivity index (χ2v) is 18.0. The quantitative estimate of drug-likeness (QED) is 0.133. The summed E-state index contributed by atoms with van der Waals surface area (Å²) in [5.41, 5.74) is 2.71. The highest BCUT2D eigenvalue weighted by molar-refractivity contribution is 6.39. The third-order valence-electron chi connectivity index (χ3n) is 10.2. The van der Waals surface area contributed by atoms with Crippen LogP contribution in [0, 0.1) is 11.7 Å². The first-order valence-electron chi connectivity index (χ1n) is 20.1. The van der Waals surface area contributed by atoms with Gasteiger partial charge in [0.25, 0.3) is 0 Å². The minimum absolute atomic E-state index is 0.0297. The number of hydrogen-bond acceptors (Lipinski definition) is 10. The molecule has 0 radical (unpaired) electrons. The molecule has 0 bridgehead atoms. The summed E-state index contributed by atoms with van der Waals surface area (Å²) in [5, 5.41) is 6.66. The minimum atomic E-state index is -0.711. The normalized spacial score (nSPS) is 16.3. The molecular formula is C45H53Cl2FN6O6. The lowest BCUT2D eigenvalue weighted by Crippen LogP contribution is -2.43. The monoisotopic (exact) mass is 862 g/mol. The molecule has 15 heteroatoms. The Balaban J connectivity index is 1.18. The lowest BCUT2D eigenvalue weighted by molar-refractivity contribution is -0.161. The summed E-state index contributed by atoms with van der Waals surface area (Å²) in [7, 11) is 1.55. The summed E-state index contributed by atoms with van der Waals surface area (Å²) in [6.07, 6.45) is 5.01. The first-order valence-corrected chi connectivity index (χ1v) is 20.9. The van der Waals surface area contributed by atoms with E-state index in [4.69, 9.17) is 37.4 Å². The lowest BCUT2D eigenvalue weighted by Gasteiger charge is -2.32. The Morgan fingerprint density at radius 2 is 1.62 bits per heavy atom. The molecule has 2 fully saturated rings. The van der Waals surface area contributed by atoms with Crippen molar-refractivity contribution < 1.29 is 33.0 Å². The number of nitrogens with one attached hydrogen (secondary N) is 2. The maximum Gasteiger partial charge on any atom is 0.410 e. The van der Waals surface area contributed by atoms with Crippen LogP contribution in [0.15, 0.2) is 60.9 Å². The Labute approximate surface area is 361 Å². The molecule has 320 valence electrons. The fourth-order valence-electron chi connectivity index (χ4n) is 7.30. The van der Waals surface area contributed by atoms with Crippen LogP contribution in [0.1, 0.15) is 78.4 Å². The topological polar surface area (TPSA) is 135 Å². The van der Waals surface area contributed by atoms with Gasteiger partial charge in [0.15, 0.2) is 11.6 Å². The van der Waals surface area contributed by atoms with E-state index < -0.39 is 23.1 Å². The molecule has 4 aromatic rings. The predicted octanol–water partition coefficient (Wildman–Crippen LogP) is 9.58. The van der Waals surface area contributed by atoms with Crippen LogP contribution in [0.2, 0.25) is 10.0 Å². The zero-order chi connectivity index (χ0) is 43.4. The number of piperidine rings is 1. The molecule has 1 atom stereocenters. The predicted molar refractivity (Wildman–Crippen MR) is 231 cm³/mol. The summed E-state index contributed by atoms with van der Waals surface area (Å²) in [6.45, 7) is 13.1. The van der Waals surface area contributed by atoms with Gasteiger partial charge in [-0.1, -0.05) is 47.5 Å². The second kappa shape index (κ2) is 18.7. The Bertz CT molecular complexity index is 2220. The van der Waals surface area contributed by atoms with Crippen LogP contribution < -0.4 is 15.4 Å². The zero-order valence-electron chi connectivity index (χ0n) is 35.2. The fourth-order valence-corrected chi connectivity index (χ4v) is 7.90. The number of esters is 1. The number of anilines is 2. The van der Waals surface area contributed by atoms with Crippen LogP contribution in [-0.2, 0) is 32.2 Å². The molecule has 2 aromatic heterocycles. The van der Waals surface area contributed by atoms with E-state index in [1.54, 1.807) is 69.4 Å². The van der Waals surface area contributed by atoms with Crippen molar-refractivity contribution in [1.82, 2.24) is 25.1 Å². The molecule has 2 aliphatic heterocycles. The van der Waals surface area contributed by atoms with Crippen molar-refractivity contribution in [3.8, 4) is 28.1 Å². The Kier molecular flexibility index (Phi) is 13.9. The number of aromatic nitrogens is 2. The number of halogens is 3. The number of nitrogens with zero attached hydrogens (tertiary/aromatic N) is 4. The van der Waals surface area contributed by atoms with Gasteiger partial charge >= 0.3 is 12.1 Å². The van der Waals surface area contributed by atoms with Crippen LogP contribution >= 0.6 is 23.2 Å².